The maximum atomic E-state index is 12.6. The highest BCUT2D eigenvalue weighted by atomic mass is 16.8. The highest BCUT2D eigenvalue weighted by Crippen LogP contribution is 2.31. The molecule has 0 bridgehead atoms. The molecule has 0 spiro atoms. The summed E-state index contributed by atoms with van der Waals surface area (Å²) in [6.45, 7) is 12.8. The van der Waals surface area contributed by atoms with Gasteiger partial charge < -0.3 is 33.5 Å². The summed E-state index contributed by atoms with van der Waals surface area (Å²) in [7, 11) is 0. The molecule has 0 radical (unpaired) electrons. The second-order valence-corrected chi connectivity index (χ2v) is 9.92. The SMILES string of the molecule is CCCCOC(=O)Oc1ccc(C[C@](NC(C)C)(OC(=O)OC(C)C(C)C)C(=O)O)cc1OC(=O)OCCCC. The van der Waals surface area contributed by atoms with Crippen LogP contribution in [0.1, 0.15) is 79.7 Å². The van der Waals surface area contributed by atoms with Crippen LogP contribution in [0.3, 0.4) is 0 Å². The Balaban J connectivity index is 3.35. The van der Waals surface area contributed by atoms with Crippen LogP contribution in [0.15, 0.2) is 18.2 Å². The van der Waals surface area contributed by atoms with E-state index in [0.29, 0.717) is 12.8 Å². The number of carboxylic acids is 1. The first-order valence-electron chi connectivity index (χ1n) is 13.6. The molecule has 2 N–H and O–H groups in total. The number of aliphatic carboxylic acids is 1. The molecule has 1 aromatic carbocycles. The molecule has 40 heavy (non-hydrogen) atoms. The molecule has 0 aromatic heterocycles. The minimum absolute atomic E-state index is 0.0252. The van der Waals surface area contributed by atoms with Crippen LogP contribution in [0, 0.1) is 5.92 Å². The van der Waals surface area contributed by atoms with Gasteiger partial charge in [-0.2, -0.15) is 0 Å². The van der Waals surface area contributed by atoms with Gasteiger partial charge in [0.1, 0.15) is 6.10 Å². The molecule has 0 aliphatic carbocycles. The fraction of sp³-hybridized carbons (Fsp3) is 0.643. The molecule has 1 aromatic rings. The molecule has 0 aliphatic rings. The minimum atomic E-state index is -2.23. The van der Waals surface area contributed by atoms with Crippen molar-refractivity contribution < 1.29 is 52.7 Å². The van der Waals surface area contributed by atoms with Gasteiger partial charge in [-0.15, -0.1) is 0 Å². The number of carboxylic acid groups (broad SMARTS) is 1. The molecular weight excluding hydrogens is 526 g/mol. The van der Waals surface area contributed by atoms with Crippen molar-refractivity contribution >= 4 is 24.4 Å². The van der Waals surface area contributed by atoms with E-state index in [4.69, 9.17) is 28.4 Å². The Morgan fingerprint density at radius 1 is 0.850 bits per heavy atom. The van der Waals surface area contributed by atoms with Crippen molar-refractivity contribution in [2.45, 2.75) is 98.4 Å². The Labute approximate surface area is 235 Å². The molecule has 12 nitrogen and oxygen atoms in total. The Kier molecular flexibility index (Phi) is 14.8. The van der Waals surface area contributed by atoms with Crippen LogP contribution < -0.4 is 14.8 Å². The topological polar surface area (TPSA) is 156 Å². The average Bonchev–Trinajstić information content (AvgIpc) is 2.85. The van der Waals surface area contributed by atoms with Crippen molar-refractivity contribution in [2.24, 2.45) is 5.92 Å². The molecule has 2 atom stereocenters. The summed E-state index contributed by atoms with van der Waals surface area (Å²) in [5.74, 6) is -1.87. The molecule has 0 amide bonds. The van der Waals surface area contributed by atoms with E-state index in [-0.39, 0.29) is 36.2 Å². The van der Waals surface area contributed by atoms with Crippen LogP contribution >= 0.6 is 0 Å². The molecule has 226 valence electrons. The zero-order chi connectivity index (χ0) is 30.3. The lowest BCUT2D eigenvalue weighted by Gasteiger charge is -2.32. The average molecular weight is 570 g/mol. The van der Waals surface area contributed by atoms with Crippen LogP contribution in [-0.4, -0.2) is 60.6 Å². The number of nitrogens with one attached hydrogen (secondary N) is 1. The smallest absolute Gasteiger partial charge is 0.477 e. The lowest BCUT2D eigenvalue weighted by molar-refractivity contribution is -0.168. The Hall–Kier alpha value is -3.54. The molecule has 1 rings (SSSR count). The van der Waals surface area contributed by atoms with Crippen molar-refractivity contribution in [1.29, 1.82) is 0 Å². The number of carbonyl (C=O) groups is 4. The third-order valence-corrected chi connectivity index (χ3v) is 5.63. The highest BCUT2D eigenvalue weighted by molar-refractivity contribution is 5.80. The number of rotatable bonds is 16. The summed E-state index contributed by atoms with van der Waals surface area (Å²) in [4.78, 5) is 49.5. The second kappa shape index (κ2) is 17.2. The van der Waals surface area contributed by atoms with Gasteiger partial charge in [0.05, 0.1) is 13.2 Å². The summed E-state index contributed by atoms with van der Waals surface area (Å²) in [6, 6.07) is 3.62. The fourth-order valence-electron chi connectivity index (χ4n) is 3.17. The lowest BCUT2D eigenvalue weighted by atomic mass is 10.0. The predicted molar refractivity (Wildman–Crippen MR) is 144 cm³/mol. The van der Waals surface area contributed by atoms with E-state index in [1.807, 2.05) is 27.7 Å². The van der Waals surface area contributed by atoms with Gasteiger partial charge in [0.15, 0.2) is 11.5 Å². The van der Waals surface area contributed by atoms with Gasteiger partial charge in [0.25, 0.3) is 5.72 Å². The maximum Gasteiger partial charge on any atom is 0.513 e. The number of hydrogen-bond donors (Lipinski definition) is 2. The van der Waals surface area contributed by atoms with E-state index in [2.05, 4.69) is 5.32 Å². The van der Waals surface area contributed by atoms with E-state index in [9.17, 15) is 24.3 Å². The van der Waals surface area contributed by atoms with Crippen molar-refractivity contribution in [3.63, 3.8) is 0 Å². The van der Waals surface area contributed by atoms with Gasteiger partial charge in [-0.1, -0.05) is 46.6 Å². The van der Waals surface area contributed by atoms with E-state index >= 15 is 0 Å². The third-order valence-electron chi connectivity index (χ3n) is 5.63. The molecule has 0 saturated heterocycles. The lowest BCUT2D eigenvalue weighted by Crippen LogP contribution is -2.59. The standard InChI is InChI=1S/C28H43NO11/c1-8-10-14-35-25(32)38-22-13-12-21(16-23(22)39-26(33)36-15-11-9-2)17-28(24(30)31,29-19(5)6)40-27(34)37-20(7)18(3)4/h12-13,16,18-20,29H,8-11,14-15,17H2,1-7H3,(H,30,31)/t20?,28-/m0/s1. The highest BCUT2D eigenvalue weighted by Gasteiger charge is 2.44. The first-order chi connectivity index (χ1) is 18.8. The van der Waals surface area contributed by atoms with Gasteiger partial charge in [0, 0.05) is 12.5 Å². The number of ether oxygens (including phenoxy) is 6. The number of benzene rings is 1. The van der Waals surface area contributed by atoms with Crippen molar-refractivity contribution in [2.75, 3.05) is 13.2 Å². The molecule has 0 fully saturated rings. The number of hydrogen-bond acceptors (Lipinski definition) is 11. The first-order valence-corrected chi connectivity index (χ1v) is 13.6. The molecule has 0 heterocycles. The van der Waals surface area contributed by atoms with E-state index < -0.39 is 48.7 Å². The summed E-state index contributed by atoms with van der Waals surface area (Å²) in [5.41, 5.74) is -1.97. The van der Waals surface area contributed by atoms with Crippen molar-refractivity contribution in [3.8, 4) is 11.5 Å². The normalized spacial score (nSPS) is 13.2. The van der Waals surface area contributed by atoms with Crippen LogP contribution in [-0.2, 0) is 30.2 Å². The van der Waals surface area contributed by atoms with E-state index in [1.54, 1.807) is 20.8 Å². The van der Waals surface area contributed by atoms with Crippen LogP contribution in [0.4, 0.5) is 14.4 Å². The summed E-state index contributed by atoms with van der Waals surface area (Å²) in [6.07, 6.45) is -1.27. The van der Waals surface area contributed by atoms with Gasteiger partial charge in [0.2, 0.25) is 0 Å². The predicted octanol–water partition coefficient (Wildman–Crippen LogP) is 5.84. The molecule has 0 aliphatic heterocycles. The van der Waals surface area contributed by atoms with Gasteiger partial charge in [-0.25, -0.2) is 19.2 Å². The number of carbonyl (C=O) groups excluding carboxylic acids is 3. The van der Waals surface area contributed by atoms with Crippen molar-refractivity contribution in [1.82, 2.24) is 5.32 Å². The largest absolute Gasteiger partial charge is 0.513 e. The summed E-state index contributed by atoms with van der Waals surface area (Å²) >= 11 is 0. The fourth-order valence-corrected chi connectivity index (χ4v) is 3.17. The molecule has 0 saturated carbocycles. The van der Waals surface area contributed by atoms with Gasteiger partial charge in [-0.3, -0.25) is 5.32 Å². The molecule has 12 heteroatoms. The van der Waals surface area contributed by atoms with Crippen molar-refractivity contribution in [3.05, 3.63) is 23.8 Å². The number of unbranched alkanes of at least 4 members (excludes halogenated alkanes) is 2. The maximum absolute atomic E-state index is 12.6. The zero-order valence-electron chi connectivity index (χ0n) is 24.4. The third kappa shape index (κ3) is 12.1. The summed E-state index contributed by atoms with van der Waals surface area (Å²) < 4.78 is 31.2. The quantitative estimate of drug-likeness (QED) is 0.0807. The van der Waals surface area contributed by atoms with E-state index in [0.717, 1.165) is 12.8 Å². The van der Waals surface area contributed by atoms with Crippen LogP contribution in [0.2, 0.25) is 0 Å². The van der Waals surface area contributed by atoms with Gasteiger partial charge in [-0.05, 0) is 57.2 Å². The summed E-state index contributed by atoms with van der Waals surface area (Å²) in [5, 5.41) is 12.9. The minimum Gasteiger partial charge on any atom is -0.477 e. The Bertz CT molecular complexity index is 979. The van der Waals surface area contributed by atoms with Gasteiger partial charge >= 0.3 is 24.4 Å². The molecule has 1 unspecified atom stereocenters. The van der Waals surface area contributed by atoms with Crippen LogP contribution in [0.5, 0.6) is 11.5 Å². The Morgan fingerprint density at radius 2 is 1.40 bits per heavy atom. The zero-order valence-corrected chi connectivity index (χ0v) is 24.4. The molecular formula is C28H43NO11. The van der Waals surface area contributed by atoms with Crippen LogP contribution in [0.25, 0.3) is 0 Å². The monoisotopic (exact) mass is 569 g/mol. The first kappa shape index (κ1) is 34.5. The Morgan fingerprint density at radius 3 is 1.88 bits per heavy atom. The second-order valence-electron chi connectivity index (χ2n) is 9.92. The van der Waals surface area contributed by atoms with E-state index in [1.165, 1.54) is 18.2 Å².